The Balaban J connectivity index is 2.90. The highest BCUT2D eigenvalue weighted by Gasteiger charge is 2.15. The predicted molar refractivity (Wildman–Crippen MR) is 69.0 cm³/mol. The van der Waals surface area contributed by atoms with Gasteiger partial charge >= 0.3 is 12.0 Å². The SMILES string of the molecule is Cc1ccc(NC(=O)N(C)CC(N)=O)c(C(=O)O)c1. The molecule has 0 spiro atoms. The van der Waals surface area contributed by atoms with E-state index in [-0.39, 0.29) is 17.8 Å². The van der Waals surface area contributed by atoms with Crippen LogP contribution >= 0.6 is 0 Å². The van der Waals surface area contributed by atoms with Gasteiger partial charge in [-0.2, -0.15) is 0 Å². The lowest BCUT2D eigenvalue weighted by Gasteiger charge is -2.17. The molecule has 0 aliphatic rings. The number of hydrogen-bond acceptors (Lipinski definition) is 3. The molecule has 0 bridgehead atoms. The number of primary amides is 1. The molecule has 0 heterocycles. The molecular formula is C12H15N3O4. The van der Waals surface area contributed by atoms with Crippen LogP contribution in [0, 0.1) is 6.92 Å². The molecule has 0 aromatic heterocycles. The summed E-state index contributed by atoms with van der Waals surface area (Å²) in [5, 5.41) is 11.5. The Hall–Kier alpha value is -2.57. The Morgan fingerprint density at radius 1 is 1.37 bits per heavy atom. The van der Waals surface area contributed by atoms with Crippen LogP contribution in [0.2, 0.25) is 0 Å². The number of nitrogens with zero attached hydrogens (tertiary/aromatic N) is 1. The molecule has 0 saturated heterocycles. The quantitative estimate of drug-likeness (QED) is 0.741. The standard InChI is InChI=1S/C12H15N3O4/c1-7-3-4-9(8(5-7)11(17)18)14-12(19)15(2)6-10(13)16/h3-5H,6H2,1-2H3,(H2,13,16)(H,14,19)(H,17,18). The summed E-state index contributed by atoms with van der Waals surface area (Å²) in [5.74, 6) is -1.79. The van der Waals surface area contributed by atoms with Gasteiger partial charge in [0.2, 0.25) is 5.91 Å². The minimum Gasteiger partial charge on any atom is -0.478 e. The number of carboxylic acid groups (broad SMARTS) is 1. The van der Waals surface area contributed by atoms with Crippen LogP contribution in [0.25, 0.3) is 0 Å². The average molecular weight is 265 g/mol. The number of carboxylic acids is 1. The Morgan fingerprint density at radius 2 is 2.00 bits per heavy atom. The first-order valence-electron chi connectivity index (χ1n) is 5.45. The maximum Gasteiger partial charge on any atom is 0.337 e. The molecule has 7 heteroatoms. The highest BCUT2D eigenvalue weighted by molar-refractivity contribution is 6.00. The molecule has 0 unspecified atom stereocenters. The molecule has 3 amide bonds. The van der Waals surface area contributed by atoms with Gasteiger partial charge in [0.15, 0.2) is 0 Å². The number of anilines is 1. The molecule has 0 aliphatic heterocycles. The maximum absolute atomic E-state index is 11.7. The topological polar surface area (TPSA) is 113 Å². The van der Waals surface area contributed by atoms with Crippen molar-refractivity contribution in [2.75, 3.05) is 18.9 Å². The van der Waals surface area contributed by atoms with Crippen molar-refractivity contribution < 1.29 is 19.5 Å². The van der Waals surface area contributed by atoms with Gasteiger partial charge in [-0.25, -0.2) is 9.59 Å². The third-order valence-corrected chi connectivity index (χ3v) is 2.39. The summed E-state index contributed by atoms with van der Waals surface area (Å²) in [5.41, 5.74) is 5.89. The zero-order valence-corrected chi connectivity index (χ0v) is 10.6. The van der Waals surface area contributed by atoms with Crippen molar-refractivity contribution in [2.24, 2.45) is 5.73 Å². The zero-order chi connectivity index (χ0) is 14.6. The van der Waals surface area contributed by atoms with Crippen LogP contribution in [0.3, 0.4) is 0 Å². The van der Waals surface area contributed by atoms with Gasteiger partial charge < -0.3 is 21.1 Å². The molecule has 1 aromatic rings. The minimum atomic E-state index is -1.14. The number of benzene rings is 1. The second kappa shape index (κ2) is 5.85. The first kappa shape index (κ1) is 14.5. The first-order valence-corrected chi connectivity index (χ1v) is 5.45. The van der Waals surface area contributed by atoms with Crippen molar-refractivity contribution in [1.29, 1.82) is 0 Å². The molecular weight excluding hydrogens is 250 g/mol. The van der Waals surface area contributed by atoms with Gasteiger partial charge in [-0.1, -0.05) is 11.6 Å². The molecule has 0 radical (unpaired) electrons. The fourth-order valence-corrected chi connectivity index (χ4v) is 1.46. The van der Waals surface area contributed by atoms with Crippen LogP contribution in [-0.4, -0.2) is 41.5 Å². The summed E-state index contributed by atoms with van der Waals surface area (Å²) in [6.45, 7) is 1.50. The number of amides is 3. The molecule has 19 heavy (non-hydrogen) atoms. The van der Waals surface area contributed by atoms with Gasteiger partial charge in [-0.15, -0.1) is 0 Å². The third-order valence-electron chi connectivity index (χ3n) is 2.39. The maximum atomic E-state index is 11.7. The number of likely N-dealkylation sites (N-methyl/N-ethyl adjacent to an activating group) is 1. The number of aryl methyl sites for hydroxylation is 1. The van der Waals surface area contributed by atoms with E-state index < -0.39 is 17.9 Å². The number of carbonyl (C=O) groups excluding carboxylic acids is 2. The lowest BCUT2D eigenvalue weighted by Crippen LogP contribution is -2.38. The smallest absolute Gasteiger partial charge is 0.337 e. The van der Waals surface area contributed by atoms with Gasteiger partial charge in [0.25, 0.3) is 0 Å². The second-order valence-corrected chi connectivity index (χ2v) is 4.11. The summed E-state index contributed by atoms with van der Waals surface area (Å²) >= 11 is 0. The second-order valence-electron chi connectivity index (χ2n) is 4.11. The van der Waals surface area contributed by atoms with E-state index in [2.05, 4.69) is 5.32 Å². The molecule has 102 valence electrons. The Bertz CT molecular complexity index is 528. The number of carbonyl (C=O) groups is 3. The van der Waals surface area contributed by atoms with Crippen molar-refractivity contribution >= 4 is 23.6 Å². The molecule has 0 fully saturated rings. The van der Waals surface area contributed by atoms with Crippen LogP contribution in [0.5, 0.6) is 0 Å². The van der Waals surface area contributed by atoms with E-state index in [1.54, 1.807) is 13.0 Å². The fraction of sp³-hybridized carbons (Fsp3) is 0.250. The number of nitrogens with one attached hydrogen (secondary N) is 1. The van der Waals surface area contributed by atoms with E-state index in [0.717, 1.165) is 10.5 Å². The molecule has 0 saturated carbocycles. The number of rotatable bonds is 4. The number of urea groups is 1. The van der Waals surface area contributed by atoms with Gasteiger partial charge in [0, 0.05) is 7.05 Å². The van der Waals surface area contributed by atoms with Crippen molar-refractivity contribution in [2.45, 2.75) is 6.92 Å². The van der Waals surface area contributed by atoms with Gasteiger partial charge in [0.05, 0.1) is 11.3 Å². The van der Waals surface area contributed by atoms with Crippen molar-refractivity contribution in [3.8, 4) is 0 Å². The van der Waals surface area contributed by atoms with Crippen molar-refractivity contribution in [3.05, 3.63) is 29.3 Å². The normalized spacial score (nSPS) is 9.79. The molecule has 0 aliphatic carbocycles. The zero-order valence-electron chi connectivity index (χ0n) is 10.6. The summed E-state index contributed by atoms with van der Waals surface area (Å²) < 4.78 is 0. The van der Waals surface area contributed by atoms with E-state index in [1.165, 1.54) is 19.2 Å². The molecule has 1 aromatic carbocycles. The largest absolute Gasteiger partial charge is 0.478 e. The van der Waals surface area contributed by atoms with E-state index in [0.29, 0.717) is 0 Å². The van der Waals surface area contributed by atoms with Crippen molar-refractivity contribution in [1.82, 2.24) is 4.90 Å². The van der Waals surface area contributed by atoms with E-state index >= 15 is 0 Å². The highest BCUT2D eigenvalue weighted by atomic mass is 16.4. The van der Waals surface area contributed by atoms with Gasteiger partial charge in [-0.3, -0.25) is 4.79 Å². The predicted octanol–water partition coefficient (Wildman–Crippen LogP) is 0.642. The summed E-state index contributed by atoms with van der Waals surface area (Å²) in [6, 6.07) is 4.02. The number of nitrogens with two attached hydrogens (primary N) is 1. The number of hydrogen-bond donors (Lipinski definition) is 3. The van der Waals surface area contributed by atoms with Crippen LogP contribution < -0.4 is 11.1 Å². The van der Waals surface area contributed by atoms with E-state index in [1.807, 2.05) is 0 Å². The van der Waals surface area contributed by atoms with Gasteiger partial charge in [0.1, 0.15) is 6.54 Å². The molecule has 4 N–H and O–H groups in total. The third kappa shape index (κ3) is 3.98. The minimum absolute atomic E-state index is 0.0131. The molecule has 0 atom stereocenters. The monoisotopic (exact) mass is 265 g/mol. The van der Waals surface area contributed by atoms with Gasteiger partial charge in [-0.05, 0) is 19.1 Å². The molecule has 7 nitrogen and oxygen atoms in total. The molecule has 1 rings (SSSR count). The number of aromatic carboxylic acids is 1. The summed E-state index contributed by atoms with van der Waals surface area (Å²) in [7, 11) is 1.38. The van der Waals surface area contributed by atoms with Crippen LogP contribution in [-0.2, 0) is 4.79 Å². The summed E-state index contributed by atoms with van der Waals surface area (Å²) in [6.07, 6.45) is 0. The average Bonchev–Trinajstić information content (AvgIpc) is 2.30. The van der Waals surface area contributed by atoms with Crippen LogP contribution in [0.15, 0.2) is 18.2 Å². The Morgan fingerprint density at radius 3 is 2.53 bits per heavy atom. The fourth-order valence-electron chi connectivity index (χ4n) is 1.46. The Labute approximate surface area is 110 Å². The van der Waals surface area contributed by atoms with E-state index in [9.17, 15) is 14.4 Å². The first-order chi connectivity index (χ1) is 8.81. The van der Waals surface area contributed by atoms with Crippen LogP contribution in [0.4, 0.5) is 10.5 Å². The van der Waals surface area contributed by atoms with E-state index in [4.69, 9.17) is 10.8 Å². The van der Waals surface area contributed by atoms with Crippen molar-refractivity contribution in [3.63, 3.8) is 0 Å². The summed E-state index contributed by atoms with van der Waals surface area (Å²) in [4.78, 5) is 34.5. The lowest BCUT2D eigenvalue weighted by atomic mass is 10.1. The lowest BCUT2D eigenvalue weighted by molar-refractivity contribution is -0.118. The highest BCUT2D eigenvalue weighted by Crippen LogP contribution is 2.17. The van der Waals surface area contributed by atoms with Crippen LogP contribution in [0.1, 0.15) is 15.9 Å². The Kier molecular flexibility index (Phi) is 4.46.